The lowest BCUT2D eigenvalue weighted by molar-refractivity contribution is 0.0153. The number of rotatable bonds is 6. The fraction of sp³-hybridized carbons (Fsp3) is 0.481. The van der Waals surface area contributed by atoms with Crippen molar-refractivity contribution in [3.8, 4) is 11.8 Å². The Hall–Kier alpha value is -3.60. The summed E-state index contributed by atoms with van der Waals surface area (Å²) in [6.07, 6.45) is 1.93. The molecule has 1 aromatic carbocycles. The van der Waals surface area contributed by atoms with Crippen molar-refractivity contribution < 1.29 is 14.3 Å². The van der Waals surface area contributed by atoms with Crippen molar-refractivity contribution in [1.82, 2.24) is 14.5 Å². The van der Waals surface area contributed by atoms with Crippen molar-refractivity contribution >= 4 is 27.8 Å². The van der Waals surface area contributed by atoms with E-state index in [0.717, 1.165) is 10.8 Å². The van der Waals surface area contributed by atoms with Crippen LogP contribution in [0.15, 0.2) is 29.2 Å². The molecule has 3 aromatic rings. The molecule has 1 amide bonds. The maximum absolute atomic E-state index is 13.1. The Morgan fingerprint density at radius 1 is 1.26 bits per heavy atom. The van der Waals surface area contributed by atoms with Gasteiger partial charge in [-0.3, -0.25) is 9.78 Å². The van der Waals surface area contributed by atoms with Gasteiger partial charge in [-0.2, -0.15) is 5.26 Å². The van der Waals surface area contributed by atoms with Gasteiger partial charge in [0.1, 0.15) is 24.0 Å². The predicted molar refractivity (Wildman–Crippen MR) is 137 cm³/mol. The van der Waals surface area contributed by atoms with Crippen LogP contribution in [0.25, 0.3) is 21.7 Å². The molecule has 0 radical (unpaired) electrons. The van der Waals surface area contributed by atoms with E-state index in [1.165, 1.54) is 0 Å². The highest BCUT2D eigenvalue weighted by Gasteiger charge is 2.27. The fourth-order valence-corrected chi connectivity index (χ4v) is 4.16. The number of ether oxygens (including phenoxy) is 2. The SMILES string of the molecule is Cc1nccc2c1c(=O)n(C)c1cc(OCC(CC(C)C)N(C)C(=O)OC(C)(C)C)c(C#N)cc21. The number of aryl methyl sites for hydroxylation is 2. The van der Waals surface area contributed by atoms with Crippen LogP contribution in [0, 0.1) is 24.2 Å². The highest BCUT2D eigenvalue weighted by molar-refractivity contribution is 6.07. The number of nitrogens with zero attached hydrogens (tertiary/aromatic N) is 4. The Morgan fingerprint density at radius 3 is 2.54 bits per heavy atom. The van der Waals surface area contributed by atoms with Crippen molar-refractivity contribution in [2.24, 2.45) is 13.0 Å². The first-order chi connectivity index (χ1) is 16.3. The molecule has 1 atom stereocenters. The second kappa shape index (κ2) is 9.95. The number of hydrogen-bond acceptors (Lipinski definition) is 6. The third kappa shape index (κ3) is 5.56. The van der Waals surface area contributed by atoms with Gasteiger partial charge in [-0.05, 0) is 57.6 Å². The Labute approximate surface area is 206 Å². The third-order valence-electron chi connectivity index (χ3n) is 5.93. The number of amides is 1. The van der Waals surface area contributed by atoms with Crippen LogP contribution in [-0.4, -0.2) is 45.8 Å². The highest BCUT2D eigenvalue weighted by Crippen LogP contribution is 2.30. The first-order valence-corrected chi connectivity index (χ1v) is 11.7. The minimum Gasteiger partial charge on any atom is -0.490 e. The second-order valence-corrected chi connectivity index (χ2v) is 10.3. The molecule has 1 unspecified atom stereocenters. The number of nitriles is 1. The number of pyridine rings is 2. The van der Waals surface area contributed by atoms with Crippen LogP contribution in [0.4, 0.5) is 4.79 Å². The van der Waals surface area contributed by atoms with Crippen molar-refractivity contribution in [1.29, 1.82) is 5.26 Å². The first kappa shape index (κ1) is 26.0. The lowest BCUT2D eigenvalue weighted by Gasteiger charge is -2.31. The summed E-state index contributed by atoms with van der Waals surface area (Å²) in [5, 5.41) is 11.9. The van der Waals surface area contributed by atoms with Crippen LogP contribution in [0.3, 0.4) is 0 Å². The number of aromatic nitrogens is 2. The van der Waals surface area contributed by atoms with Crippen molar-refractivity contribution in [3.63, 3.8) is 0 Å². The largest absolute Gasteiger partial charge is 0.490 e. The number of likely N-dealkylation sites (N-methyl/N-ethyl adjacent to an activating group) is 1. The molecule has 8 nitrogen and oxygen atoms in total. The maximum atomic E-state index is 13.1. The van der Waals surface area contributed by atoms with Crippen LogP contribution < -0.4 is 10.3 Å². The highest BCUT2D eigenvalue weighted by atomic mass is 16.6. The molecule has 186 valence electrons. The second-order valence-electron chi connectivity index (χ2n) is 10.3. The minimum absolute atomic E-state index is 0.156. The summed E-state index contributed by atoms with van der Waals surface area (Å²) in [6, 6.07) is 7.22. The average molecular weight is 479 g/mol. The zero-order valence-electron chi connectivity index (χ0n) is 21.8. The summed E-state index contributed by atoms with van der Waals surface area (Å²) in [4.78, 5) is 31.5. The molecule has 0 aliphatic heterocycles. The van der Waals surface area contributed by atoms with Gasteiger partial charge < -0.3 is 18.9 Å². The number of fused-ring (bicyclic) bond motifs is 3. The topological polar surface area (TPSA) is 97.5 Å². The average Bonchev–Trinajstić information content (AvgIpc) is 2.77. The Balaban J connectivity index is 2.01. The molecule has 0 aliphatic carbocycles. The zero-order chi connectivity index (χ0) is 26.1. The molecule has 3 rings (SSSR count). The monoisotopic (exact) mass is 478 g/mol. The van der Waals surface area contributed by atoms with Crippen LogP contribution in [0.5, 0.6) is 5.75 Å². The number of carbonyl (C=O) groups excluding carboxylic acids is 1. The van der Waals surface area contributed by atoms with Gasteiger partial charge in [0.25, 0.3) is 5.56 Å². The van der Waals surface area contributed by atoms with Crippen molar-refractivity contribution in [2.75, 3.05) is 13.7 Å². The Kier molecular flexibility index (Phi) is 7.39. The van der Waals surface area contributed by atoms with Gasteiger partial charge in [0.15, 0.2) is 0 Å². The summed E-state index contributed by atoms with van der Waals surface area (Å²) in [6.45, 7) is 11.6. The summed E-state index contributed by atoms with van der Waals surface area (Å²) in [5.74, 6) is 0.677. The van der Waals surface area contributed by atoms with E-state index in [9.17, 15) is 14.9 Å². The van der Waals surface area contributed by atoms with Crippen LogP contribution in [0.2, 0.25) is 0 Å². The molecule has 0 spiro atoms. The minimum atomic E-state index is -0.609. The van der Waals surface area contributed by atoms with Gasteiger partial charge in [0, 0.05) is 31.7 Å². The predicted octanol–water partition coefficient (Wildman–Crippen LogP) is 4.93. The van der Waals surface area contributed by atoms with Gasteiger partial charge in [-0.25, -0.2) is 4.79 Å². The molecule has 0 bridgehead atoms. The lowest BCUT2D eigenvalue weighted by Crippen LogP contribution is -2.44. The Bertz CT molecular complexity index is 1360. The summed E-state index contributed by atoms with van der Waals surface area (Å²) in [5.41, 5.74) is 0.891. The van der Waals surface area contributed by atoms with E-state index in [-0.39, 0.29) is 18.2 Å². The van der Waals surface area contributed by atoms with E-state index < -0.39 is 11.7 Å². The normalized spacial score (nSPS) is 12.6. The van der Waals surface area contributed by atoms with E-state index in [4.69, 9.17) is 9.47 Å². The maximum Gasteiger partial charge on any atom is 0.410 e. The van der Waals surface area contributed by atoms with Gasteiger partial charge in [0.2, 0.25) is 0 Å². The van der Waals surface area contributed by atoms with Crippen LogP contribution in [-0.2, 0) is 11.8 Å². The van der Waals surface area contributed by atoms with E-state index in [0.29, 0.717) is 40.2 Å². The number of benzene rings is 1. The van der Waals surface area contributed by atoms with E-state index >= 15 is 0 Å². The van der Waals surface area contributed by atoms with Crippen molar-refractivity contribution in [2.45, 2.75) is 59.6 Å². The van der Waals surface area contributed by atoms with Crippen LogP contribution in [0.1, 0.15) is 52.3 Å². The zero-order valence-corrected chi connectivity index (χ0v) is 21.8. The summed E-state index contributed by atoms with van der Waals surface area (Å²) >= 11 is 0. The van der Waals surface area contributed by atoms with Gasteiger partial charge in [0.05, 0.1) is 28.2 Å². The van der Waals surface area contributed by atoms with Gasteiger partial charge in [-0.15, -0.1) is 0 Å². The van der Waals surface area contributed by atoms with E-state index in [2.05, 4.69) is 24.9 Å². The molecule has 0 aliphatic rings. The lowest BCUT2D eigenvalue weighted by atomic mass is 10.0. The number of hydrogen-bond donors (Lipinski definition) is 0. The molecule has 8 heteroatoms. The molecular formula is C27H34N4O4. The molecule has 0 fully saturated rings. The molecule has 2 aromatic heterocycles. The fourth-order valence-electron chi connectivity index (χ4n) is 4.16. The Morgan fingerprint density at radius 2 is 1.94 bits per heavy atom. The van der Waals surface area contributed by atoms with Crippen molar-refractivity contribution in [3.05, 3.63) is 46.0 Å². The molecule has 0 saturated carbocycles. The molecule has 0 saturated heterocycles. The van der Waals surface area contributed by atoms with Crippen LogP contribution >= 0.6 is 0 Å². The standard InChI is InChI=1S/C27H34N4O4/c1-16(2)11-19(30(7)26(33)35-27(4,5)6)15-34-23-13-22-21(12-18(23)14-28)20-9-10-29-17(3)24(20)25(32)31(22)8/h9-10,12-13,16,19H,11,15H2,1-8H3. The van der Waals surface area contributed by atoms with E-state index in [1.54, 1.807) is 54.9 Å². The molecular weight excluding hydrogens is 444 g/mol. The third-order valence-corrected chi connectivity index (χ3v) is 5.93. The summed E-state index contributed by atoms with van der Waals surface area (Å²) < 4.78 is 13.2. The van der Waals surface area contributed by atoms with Gasteiger partial charge in [-0.1, -0.05) is 13.8 Å². The summed E-state index contributed by atoms with van der Waals surface area (Å²) in [7, 11) is 3.40. The molecule has 0 N–H and O–H groups in total. The first-order valence-electron chi connectivity index (χ1n) is 11.7. The molecule has 2 heterocycles. The smallest absolute Gasteiger partial charge is 0.410 e. The van der Waals surface area contributed by atoms with E-state index in [1.807, 2.05) is 20.8 Å². The quantitative estimate of drug-likeness (QED) is 0.466. The number of carbonyl (C=O) groups is 1. The molecule has 35 heavy (non-hydrogen) atoms. The van der Waals surface area contributed by atoms with Gasteiger partial charge >= 0.3 is 6.09 Å².